The van der Waals surface area contributed by atoms with Crippen molar-refractivity contribution in [1.29, 1.82) is 0 Å². The first kappa shape index (κ1) is 29.0. The number of anilines is 1. The number of likely N-dealkylation sites (N-methyl/N-ethyl adjacent to an activating group) is 1. The van der Waals surface area contributed by atoms with Crippen molar-refractivity contribution in [3.05, 3.63) is 64.2 Å². The molecule has 0 saturated carbocycles. The predicted molar refractivity (Wildman–Crippen MR) is 138 cm³/mol. The summed E-state index contributed by atoms with van der Waals surface area (Å²) in [6.45, 7) is 11.1. The molecule has 2 heterocycles. The number of hydrogen-bond acceptors (Lipinski definition) is 5. The van der Waals surface area contributed by atoms with Crippen LogP contribution in [-0.4, -0.2) is 70.0 Å². The van der Waals surface area contributed by atoms with Gasteiger partial charge in [-0.05, 0) is 56.8 Å². The number of hydrogen-bond donors (Lipinski definition) is 5. The van der Waals surface area contributed by atoms with E-state index in [0.29, 0.717) is 46.8 Å². The summed E-state index contributed by atoms with van der Waals surface area (Å²) < 4.78 is 13.7. The number of aliphatic carboxylic acids is 2. The lowest BCUT2D eigenvalue weighted by Gasteiger charge is -2.18. The van der Waals surface area contributed by atoms with Gasteiger partial charge in [-0.1, -0.05) is 13.8 Å². The number of rotatable bonds is 9. The lowest BCUT2D eigenvalue weighted by atomic mass is 10.0. The molecule has 0 aliphatic carbocycles. The molecule has 1 aromatic carbocycles. The van der Waals surface area contributed by atoms with Gasteiger partial charge >= 0.3 is 11.9 Å². The van der Waals surface area contributed by atoms with E-state index in [-0.39, 0.29) is 11.8 Å². The molecule has 10 nitrogen and oxygen atoms in total. The van der Waals surface area contributed by atoms with Crippen LogP contribution in [0, 0.1) is 19.7 Å². The number of carbonyl (C=O) groups is 4. The normalized spacial score (nSPS) is 13.4. The molecule has 11 heteroatoms. The first-order valence-corrected chi connectivity index (χ1v) is 11.6. The second-order valence-electron chi connectivity index (χ2n) is 8.16. The van der Waals surface area contributed by atoms with Crippen LogP contribution in [0.15, 0.2) is 30.4 Å². The maximum absolute atomic E-state index is 13.7. The Labute approximate surface area is 213 Å². The molecule has 2 amide bonds. The van der Waals surface area contributed by atoms with E-state index in [2.05, 4.69) is 34.4 Å². The fraction of sp³-hybridized carbons (Fsp3) is 0.308. The van der Waals surface area contributed by atoms with Gasteiger partial charge in [0.15, 0.2) is 0 Å². The number of H-pyrrole nitrogens is 1. The Morgan fingerprint density at radius 1 is 1.08 bits per heavy atom. The summed E-state index contributed by atoms with van der Waals surface area (Å²) in [5, 5.41) is 21.3. The van der Waals surface area contributed by atoms with Gasteiger partial charge in [0.2, 0.25) is 0 Å². The Morgan fingerprint density at radius 2 is 1.70 bits per heavy atom. The number of fused-ring (bicyclic) bond motifs is 1. The smallest absolute Gasteiger partial charge is 0.328 e. The van der Waals surface area contributed by atoms with Crippen LogP contribution in [0.2, 0.25) is 0 Å². The largest absolute Gasteiger partial charge is 0.478 e. The molecule has 0 radical (unpaired) electrons. The molecule has 0 bridgehead atoms. The molecule has 0 fully saturated rings. The van der Waals surface area contributed by atoms with Gasteiger partial charge in [0, 0.05) is 47.9 Å². The van der Waals surface area contributed by atoms with E-state index in [4.69, 9.17) is 10.2 Å². The van der Waals surface area contributed by atoms with Crippen molar-refractivity contribution in [3.63, 3.8) is 0 Å². The molecule has 0 unspecified atom stereocenters. The summed E-state index contributed by atoms with van der Waals surface area (Å²) in [4.78, 5) is 49.6. The molecule has 0 atom stereocenters. The van der Waals surface area contributed by atoms with Gasteiger partial charge in [-0.25, -0.2) is 14.0 Å². The highest BCUT2D eigenvalue weighted by atomic mass is 19.1. The number of amides is 2. The lowest BCUT2D eigenvalue weighted by Crippen LogP contribution is -2.35. The average Bonchev–Trinajstić information content (AvgIpc) is 3.30. The van der Waals surface area contributed by atoms with Crippen LogP contribution in [0.5, 0.6) is 0 Å². The second-order valence-corrected chi connectivity index (χ2v) is 8.16. The van der Waals surface area contributed by atoms with E-state index in [1.54, 1.807) is 12.1 Å². The zero-order valence-electron chi connectivity index (χ0n) is 21.1. The Kier molecular flexibility index (Phi) is 10.3. The van der Waals surface area contributed by atoms with Crippen molar-refractivity contribution in [2.75, 3.05) is 31.5 Å². The number of carboxylic acids is 2. The number of carboxylic acid groups (broad SMARTS) is 2. The van der Waals surface area contributed by atoms with Crippen molar-refractivity contribution in [1.82, 2.24) is 15.2 Å². The molecule has 1 aromatic heterocycles. The quantitative estimate of drug-likeness (QED) is 0.323. The van der Waals surface area contributed by atoms with Crippen LogP contribution in [-0.2, 0) is 14.4 Å². The van der Waals surface area contributed by atoms with Crippen LogP contribution in [0.3, 0.4) is 0 Å². The number of aromatic nitrogens is 1. The van der Waals surface area contributed by atoms with Crippen LogP contribution in [0.4, 0.5) is 10.1 Å². The Hall–Kier alpha value is -4.25. The standard InChI is InChI=1S/C22H27FN4O2.C4H4O4/c1-5-27(6-2)10-9-24-22(29)20-13(3)19(25-14(20)4)12-17-16-11-15(23)7-8-18(16)26-21(17)28;5-3(6)1-2-4(7)8/h7-8,11-12,25H,5-6,9-10H2,1-4H3,(H,24,29)(H,26,28);1-2H,(H,5,6)(H,7,8)/b17-12-;2-1+. The molecule has 198 valence electrons. The van der Waals surface area contributed by atoms with E-state index in [1.165, 1.54) is 12.1 Å². The number of halogens is 1. The second kappa shape index (κ2) is 13.2. The van der Waals surface area contributed by atoms with E-state index in [9.17, 15) is 23.6 Å². The van der Waals surface area contributed by atoms with Crippen molar-refractivity contribution in [3.8, 4) is 0 Å². The third-order valence-corrected chi connectivity index (χ3v) is 5.73. The van der Waals surface area contributed by atoms with Crippen LogP contribution >= 0.6 is 0 Å². The zero-order chi connectivity index (χ0) is 27.7. The maximum atomic E-state index is 13.7. The minimum absolute atomic E-state index is 0.143. The van der Waals surface area contributed by atoms with E-state index in [0.717, 1.165) is 30.9 Å². The van der Waals surface area contributed by atoms with Crippen molar-refractivity contribution in [2.45, 2.75) is 27.7 Å². The number of benzene rings is 1. The Morgan fingerprint density at radius 3 is 2.27 bits per heavy atom. The summed E-state index contributed by atoms with van der Waals surface area (Å²) in [7, 11) is 0. The number of carbonyl (C=O) groups excluding carboxylic acids is 2. The minimum atomic E-state index is -1.26. The highest BCUT2D eigenvalue weighted by Crippen LogP contribution is 2.34. The summed E-state index contributed by atoms with van der Waals surface area (Å²) >= 11 is 0. The fourth-order valence-electron chi connectivity index (χ4n) is 3.81. The summed E-state index contributed by atoms with van der Waals surface area (Å²) in [6.07, 6.45) is 2.79. The van der Waals surface area contributed by atoms with Gasteiger partial charge in [0.1, 0.15) is 5.82 Å². The van der Waals surface area contributed by atoms with Gasteiger partial charge in [-0.2, -0.15) is 0 Å². The number of aryl methyl sites for hydroxylation is 1. The molecule has 0 spiro atoms. The molecule has 37 heavy (non-hydrogen) atoms. The minimum Gasteiger partial charge on any atom is -0.478 e. The third-order valence-electron chi connectivity index (χ3n) is 5.73. The molecular weight excluding hydrogens is 483 g/mol. The van der Waals surface area contributed by atoms with Gasteiger partial charge in [0.25, 0.3) is 11.8 Å². The van der Waals surface area contributed by atoms with E-state index >= 15 is 0 Å². The molecule has 2 aromatic rings. The molecule has 5 N–H and O–H groups in total. The SMILES string of the molecule is CCN(CC)CCNC(=O)c1c(C)[nH]c(/C=C2\C(=O)Nc3ccc(F)cc32)c1C.O=C(O)/C=C/C(=O)O. The summed E-state index contributed by atoms with van der Waals surface area (Å²) in [6, 6.07) is 4.20. The Bertz CT molecular complexity index is 1230. The number of aromatic amines is 1. The fourth-order valence-corrected chi connectivity index (χ4v) is 3.81. The van der Waals surface area contributed by atoms with Gasteiger partial charge in [-0.15, -0.1) is 0 Å². The van der Waals surface area contributed by atoms with Gasteiger partial charge in [0.05, 0.1) is 11.1 Å². The molecule has 1 aliphatic rings. The maximum Gasteiger partial charge on any atom is 0.328 e. The monoisotopic (exact) mass is 514 g/mol. The molecule has 1 aliphatic heterocycles. The topological polar surface area (TPSA) is 152 Å². The highest BCUT2D eigenvalue weighted by Gasteiger charge is 2.26. The first-order valence-electron chi connectivity index (χ1n) is 11.6. The summed E-state index contributed by atoms with van der Waals surface area (Å²) in [5.41, 5.74) is 4.20. The van der Waals surface area contributed by atoms with Crippen LogP contribution in [0.1, 0.15) is 46.7 Å². The molecular formula is C26H31FN4O6. The van der Waals surface area contributed by atoms with Crippen molar-refractivity contribution in [2.24, 2.45) is 0 Å². The summed E-state index contributed by atoms with van der Waals surface area (Å²) in [5.74, 6) is -3.35. The molecule has 0 saturated heterocycles. The van der Waals surface area contributed by atoms with Crippen LogP contribution in [0.25, 0.3) is 11.6 Å². The highest BCUT2D eigenvalue weighted by molar-refractivity contribution is 6.34. The third kappa shape index (κ3) is 7.87. The number of nitrogens with one attached hydrogen (secondary N) is 3. The number of nitrogens with zero attached hydrogens (tertiary/aromatic N) is 1. The predicted octanol–water partition coefficient (Wildman–Crippen LogP) is 3.05. The average molecular weight is 515 g/mol. The Balaban J connectivity index is 0.000000521. The van der Waals surface area contributed by atoms with Crippen molar-refractivity contribution < 1.29 is 33.8 Å². The van der Waals surface area contributed by atoms with E-state index < -0.39 is 17.8 Å². The van der Waals surface area contributed by atoms with Crippen LogP contribution < -0.4 is 10.6 Å². The lowest BCUT2D eigenvalue weighted by molar-refractivity contribution is -0.134. The van der Waals surface area contributed by atoms with Gasteiger partial charge in [-0.3, -0.25) is 9.59 Å². The van der Waals surface area contributed by atoms with E-state index in [1.807, 2.05) is 13.8 Å². The first-order chi connectivity index (χ1) is 17.5. The zero-order valence-corrected chi connectivity index (χ0v) is 21.1. The molecule has 3 rings (SSSR count). The van der Waals surface area contributed by atoms with Crippen molar-refractivity contribution >= 4 is 41.1 Å². The van der Waals surface area contributed by atoms with Gasteiger partial charge < -0.3 is 30.7 Å².